The second kappa shape index (κ2) is 8.11. The smallest absolute Gasteiger partial charge is 0.303 e. The van der Waals surface area contributed by atoms with Gasteiger partial charge >= 0.3 is 5.97 Å². The van der Waals surface area contributed by atoms with Crippen LogP contribution >= 0.6 is 0 Å². The fourth-order valence-electron chi connectivity index (χ4n) is 2.65. The molecular formula is C18H25NO4. The van der Waals surface area contributed by atoms with Crippen LogP contribution in [0.5, 0.6) is 0 Å². The van der Waals surface area contributed by atoms with Crippen molar-refractivity contribution < 1.29 is 19.4 Å². The third-order valence-electron chi connectivity index (χ3n) is 4.28. The summed E-state index contributed by atoms with van der Waals surface area (Å²) >= 11 is 0. The summed E-state index contributed by atoms with van der Waals surface area (Å²) in [5.74, 6) is -0.843. The number of amides is 1. The summed E-state index contributed by atoms with van der Waals surface area (Å²) in [7, 11) is 0. The number of carboxylic acids is 1. The number of rotatable bonds is 10. The average molecular weight is 319 g/mol. The molecule has 1 atom stereocenters. The van der Waals surface area contributed by atoms with Crippen molar-refractivity contribution in [1.29, 1.82) is 0 Å². The van der Waals surface area contributed by atoms with Crippen molar-refractivity contribution in [2.75, 3.05) is 13.2 Å². The quantitative estimate of drug-likeness (QED) is 0.694. The molecule has 1 aromatic carbocycles. The van der Waals surface area contributed by atoms with Gasteiger partial charge in [-0.25, -0.2) is 0 Å². The second-order valence-corrected chi connectivity index (χ2v) is 6.21. The molecule has 0 radical (unpaired) electrons. The number of nitrogens with one attached hydrogen (secondary N) is 1. The van der Waals surface area contributed by atoms with E-state index in [9.17, 15) is 9.59 Å². The standard InChI is InChI=1S/C18H25NO4/c1-2-23-13-18(10-11-18)17(22)19-15(8-9-16(20)21)12-14-6-4-3-5-7-14/h3-7,15H,2,8-13H2,1H3,(H,19,22)(H,20,21). The normalized spacial score (nSPS) is 16.6. The van der Waals surface area contributed by atoms with Crippen molar-refractivity contribution in [2.45, 2.75) is 45.1 Å². The van der Waals surface area contributed by atoms with Gasteiger partial charge in [-0.1, -0.05) is 30.3 Å². The summed E-state index contributed by atoms with van der Waals surface area (Å²) in [5, 5.41) is 12.0. The van der Waals surface area contributed by atoms with E-state index in [4.69, 9.17) is 9.84 Å². The maximum Gasteiger partial charge on any atom is 0.303 e. The molecule has 0 aliphatic heterocycles. The SMILES string of the molecule is CCOCC1(C(=O)NC(CCC(=O)O)Cc2ccccc2)CC1. The van der Waals surface area contributed by atoms with Crippen LogP contribution in [0.3, 0.4) is 0 Å². The molecule has 1 aliphatic rings. The lowest BCUT2D eigenvalue weighted by atomic mass is 10.00. The highest BCUT2D eigenvalue weighted by atomic mass is 16.5. The van der Waals surface area contributed by atoms with Gasteiger partial charge < -0.3 is 15.2 Å². The topological polar surface area (TPSA) is 75.6 Å². The zero-order chi connectivity index (χ0) is 16.7. The number of carbonyl (C=O) groups excluding carboxylic acids is 1. The van der Waals surface area contributed by atoms with E-state index < -0.39 is 11.4 Å². The van der Waals surface area contributed by atoms with Crippen LogP contribution in [0.25, 0.3) is 0 Å². The van der Waals surface area contributed by atoms with Crippen molar-refractivity contribution in [3.8, 4) is 0 Å². The Kier molecular flexibility index (Phi) is 6.16. The molecule has 1 aromatic rings. The molecule has 5 heteroatoms. The monoisotopic (exact) mass is 319 g/mol. The van der Waals surface area contributed by atoms with Gasteiger partial charge in [0.1, 0.15) is 0 Å². The minimum atomic E-state index is -0.840. The average Bonchev–Trinajstić information content (AvgIpc) is 3.33. The molecule has 23 heavy (non-hydrogen) atoms. The number of hydrogen-bond acceptors (Lipinski definition) is 3. The molecule has 0 aromatic heterocycles. The van der Waals surface area contributed by atoms with Crippen molar-refractivity contribution in [2.24, 2.45) is 5.41 Å². The molecule has 1 fully saturated rings. The largest absolute Gasteiger partial charge is 0.481 e. The van der Waals surface area contributed by atoms with Gasteiger partial charge in [-0.3, -0.25) is 9.59 Å². The van der Waals surface area contributed by atoms with Crippen molar-refractivity contribution in [1.82, 2.24) is 5.32 Å². The summed E-state index contributed by atoms with van der Waals surface area (Å²) in [6.07, 6.45) is 2.81. The summed E-state index contributed by atoms with van der Waals surface area (Å²) in [6.45, 7) is 2.97. The van der Waals surface area contributed by atoms with E-state index in [0.29, 0.717) is 26.1 Å². The van der Waals surface area contributed by atoms with Crippen LogP contribution in [0.1, 0.15) is 38.2 Å². The first kappa shape index (κ1) is 17.5. The second-order valence-electron chi connectivity index (χ2n) is 6.21. The van der Waals surface area contributed by atoms with Gasteiger partial charge in [-0.05, 0) is 38.2 Å². The van der Waals surface area contributed by atoms with Gasteiger partial charge in [0.05, 0.1) is 12.0 Å². The molecule has 2 N–H and O–H groups in total. The minimum Gasteiger partial charge on any atom is -0.481 e. The fraction of sp³-hybridized carbons (Fsp3) is 0.556. The molecular weight excluding hydrogens is 294 g/mol. The third kappa shape index (κ3) is 5.36. The van der Waals surface area contributed by atoms with E-state index in [1.807, 2.05) is 37.3 Å². The Hall–Kier alpha value is -1.88. The maximum atomic E-state index is 12.5. The molecule has 1 amide bonds. The van der Waals surface area contributed by atoms with Crippen molar-refractivity contribution in [3.63, 3.8) is 0 Å². The third-order valence-corrected chi connectivity index (χ3v) is 4.28. The Morgan fingerprint density at radius 3 is 2.57 bits per heavy atom. The number of benzene rings is 1. The lowest BCUT2D eigenvalue weighted by Crippen LogP contribution is -2.42. The van der Waals surface area contributed by atoms with Gasteiger partial charge in [0.25, 0.3) is 0 Å². The van der Waals surface area contributed by atoms with Gasteiger partial charge in [-0.2, -0.15) is 0 Å². The molecule has 2 rings (SSSR count). The zero-order valence-corrected chi connectivity index (χ0v) is 13.6. The van der Waals surface area contributed by atoms with E-state index in [0.717, 1.165) is 18.4 Å². The van der Waals surface area contributed by atoms with Crippen LogP contribution in [0, 0.1) is 5.41 Å². The van der Waals surface area contributed by atoms with Crippen LogP contribution in [-0.4, -0.2) is 36.2 Å². The predicted molar refractivity (Wildman–Crippen MR) is 87.1 cm³/mol. The highest BCUT2D eigenvalue weighted by Gasteiger charge is 2.50. The molecule has 1 aliphatic carbocycles. The van der Waals surface area contributed by atoms with Crippen LogP contribution in [0.2, 0.25) is 0 Å². The molecule has 5 nitrogen and oxygen atoms in total. The lowest BCUT2D eigenvalue weighted by Gasteiger charge is -2.22. The maximum absolute atomic E-state index is 12.5. The highest BCUT2D eigenvalue weighted by Crippen LogP contribution is 2.46. The minimum absolute atomic E-state index is 0.00253. The molecule has 0 bridgehead atoms. The van der Waals surface area contributed by atoms with E-state index in [1.165, 1.54) is 0 Å². The Labute approximate surface area is 137 Å². The number of aliphatic carboxylic acids is 1. The Balaban J connectivity index is 1.96. The molecule has 0 saturated heterocycles. The predicted octanol–water partition coefficient (Wildman–Crippen LogP) is 2.40. The van der Waals surface area contributed by atoms with E-state index in [1.54, 1.807) is 0 Å². The van der Waals surface area contributed by atoms with Crippen molar-refractivity contribution >= 4 is 11.9 Å². The van der Waals surface area contributed by atoms with Crippen LogP contribution in [0.15, 0.2) is 30.3 Å². The Morgan fingerprint density at radius 2 is 2.00 bits per heavy atom. The summed E-state index contributed by atoms with van der Waals surface area (Å²) in [5.41, 5.74) is 0.701. The first-order chi connectivity index (χ1) is 11.1. The van der Waals surface area contributed by atoms with Crippen LogP contribution in [0.4, 0.5) is 0 Å². The Bertz CT molecular complexity index is 525. The van der Waals surface area contributed by atoms with Crippen LogP contribution in [-0.2, 0) is 20.7 Å². The molecule has 126 valence electrons. The number of ether oxygens (including phenoxy) is 1. The summed E-state index contributed by atoms with van der Waals surface area (Å²) in [4.78, 5) is 23.4. The summed E-state index contributed by atoms with van der Waals surface area (Å²) in [6, 6.07) is 9.65. The van der Waals surface area contributed by atoms with Gasteiger partial charge in [0, 0.05) is 19.1 Å². The number of carbonyl (C=O) groups is 2. The van der Waals surface area contributed by atoms with E-state index >= 15 is 0 Å². The lowest BCUT2D eigenvalue weighted by molar-refractivity contribution is -0.137. The first-order valence-electron chi connectivity index (χ1n) is 8.20. The van der Waals surface area contributed by atoms with Crippen molar-refractivity contribution in [3.05, 3.63) is 35.9 Å². The van der Waals surface area contributed by atoms with E-state index in [-0.39, 0.29) is 18.4 Å². The summed E-state index contributed by atoms with van der Waals surface area (Å²) < 4.78 is 5.43. The number of hydrogen-bond donors (Lipinski definition) is 2. The zero-order valence-electron chi connectivity index (χ0n) is 13.6. The van der Waals surface area contributed by atoms with Gasteiger partial charge in [0.2, 0.25) is 5.91 Å². The molecule has 1 saturated carbocycles. The van der Waals surface area contributed by atoms with Gasteiger partial charge in [0.15, 0.2) is 0 Å². The molecule has 0 spiro atoms. The Morgan fingerprint density at radius 1 is 1.30 bits per heavy atom. The van der Waals surface area contributed by atoms with Gasteiger partial charge in [-0.15, -0.1) is 0 Å². The highest BCUT2D eigenvalue weighted by molar-refractivity contribution is 5.85. The first-order valence-corrected chi connectivity index (χ1v) is 8.20. The van der Waals surface area contributed by atoms with Crippen LogP contribution < -0.4 is 5.32 Å². The number of carboxylic acid groups (broad SMARTS) is 1. The molecule has 1 unspecified atom stereocenters. The fourth-order valence-corrected chi connectivity index (χ4v) is 2.65. The van der Waals surface area contributed by atoms with E-state index in [2.05, 4.69) is 5.32 Å². The molecule has 0 heterocycles.